The van der Waals surface area contributed by atoms with Crippen molar-refractivity contribution in [3.63, 3.8) is 0 Å². The van der Waals surface area contributed by atoms with Crippen molar-refractivity contribution in [2.75, 3.05) is 6.61 Å². The molecule has 0 bridgehead atoms. The maximum atomic E-state index is 5.29. The highest BCUT2D eigenvalue weighted by molar-refractivity contribution is 4.83. The van der Waals surface area contributed by atoms with Crippen LogP contribution < -0.4 is 0 Å². The van der Waals surface area contributed by atoms with Crippen LogP contribution in [0, 0.1) is 0 Å². The van der Waals surface area contributed by atoms with E-state index in [1.165, 1.54) is 0 Å². The first kappa shape index (κ1) is 6.62. The van der Waals surface area contributed by atoms with Gasteiger partial charge in [0.05, 0.1) is 12.6 Å². The fourth-order valence-corrected chi connectivity index (χ4v) is 0.769. The predicted molar refractivity (Wildman–Crippen MR) is 36.7 cm³/mol. The van der Waals surface area contributed by atoms with Crippen molar-refractivity contribution in [1.82, 2.24) is 5.06 Å². The van der Waals surface area contributed by atoms with Crippen LogP contribution in [0.4, 0.5) is 0 Å². The normalized spacial score (nSPS) is 19.2. The molecule has 0 amide bonds. The van der Waals surface area contributed by atoms with Crippen LogP contribution in [-0.2, 0) is 4.84 Å². The summed E-state index contributed by atoms with van der Waals surface area (Å²) < 4.78 is 0. The lowest BCUT2D eigenvalue weighted by molar-refractivity contribution is -0.146. The van der Waals surface area contributed by atoms with Gasteiger partial charge in [0.25, 0.3) is 0 Å². The fraction of sp³-hybridized carbons (Fsp3) is 0.714. The molecule has 0 atom stereocenters. The van der Waals surface area contributed by atoms with Gasteiger partial charge in [0.1, 0.15) is 0 Å². The summed E-state index contributed by atoms with van der Waals surface area (Å²) in [5.41, 5.74) is 0. The SMILES string of the molecule is CC(C)N1C=CCCO1. The molecule has 1 aliphatic heterocycles. The molecule has 52 valence electrons. The van der Waals surface area contributed by atoms with E-state index in [-0.39, 0.29) is 0 Å². The van der Waals surface area contributed by atoms with Crippen LogP contribution in [-0.4, -0.2) is 17.7 Å². The quantitative estimate of drug-likeness (QED) is 0.530. The van der Waals surface area contributed by atoms with Crippen LogP contribution in [0.3, 0.4) is 0 Å². The van der Waals surface area contributed by atoms with Crippen LogP contribution in [0.5, 0.6) is 0 Å². The van der Waals surface area contributed by atoms with Crippen molar-refractivity contribution in [2.24, 2.45) is 0 Å². The van der Waals surface area contributed by atoms with Crippen molar-refractivity contribution < 1.29 is 4.84 Å². The van der Waals surface area contributed by atoms with Crippen LogP contribution in [0.1, 0.15) is 20.3 Å². The molecule has 0 aromatic carbocycles. The molecule has 0 N–H and O–H groups in total. The van der Waals surface area contributed by atoms with Gasteiger partial charge in [0.2, 0.25) is 0 Å². The molecule has 1 heterocycles. The zero-order valence-corrected chi connectivity index (χ0v) is 6.00. The molecule has 0 aromatic rings. The number of nitrogens with zero attached hydrogens (tertiary/aromatic N) is 1. The Labute approximate surface area is 56.1 Å². The van der Waals surface area contributed by atoms with Gasteiger partial charge in [0, 0.05) is 6.20 Å². The average molecular weight is 127 g/mol. The van der Waals surface area contributed by atoms with Crippen molar-refractivity contribution in [3.8, 4) is 0 Å². The molecule has 2 nitrogen and oxygen atoms in total. The maximum Gasteiger partial charge on any atom is 0.0783 e. The van der Waals surface area contributed by atoms with E-state index in [9.17, 15) is 0 Å². The Bertz CT molecular complexity index is 109. The van der Waals surface area contributed by atoms with Gasteiger partial charge in [-0.05, 0) is 20.3 Å². The minimum atomic E-state index is 0.460. The van der Waals surface area contributed by atoms with Crippen LogP contribution in [0.25, 0.3) is 0 Å². The van der Waals surface area contributed by atoms with Gasteiger partial charge in [-0.3, -0.25) is 9.90 Å². The zero-order valence-electron chi connectivity index (χ0n) is 6.00. The van der Waals surface area contributed by atoms with E-state index in [4.69, 9.17) is 4.84 Å². The number of hydrogen-bond donors (Lipinski definition) is 0. The number of rotatable bonds is 1. The highest BCUT2D eigenvalue weighted by Crippen LogP contribution is 2.06. The second kappa shape index (κ2) is 2.87. The van der Waals surface area contributed by atoms with E-state index < -0.39 is 0 Å². The first-order valence-electron chi connectivity index (χ1n) is 3.38. The van der Waals surface area contributed by atoms with Gasteiger partial charge >= 0.3 is 0 Å². The van der Waals surface area contributed by atoms with Crippen LogP contribution in [0.15, 0.2) is 12.3 Å². The molecule has 0 spiro atoms. The highest BCUT2D eigenvalue weighted by Gasteiger charge is 2.06. The van der Waals surface area contributed by atoms with Gasteiger partial charge in [-0.1, -0.05) is 6.08 Å². The lowest BCUT2D eigenvalue weighted by Gasteiger charge is -2.26. The predicted octanol–water partition coefficient (Wildman–Crippen LogP) is 1.55. The van der Waals surface area contributed by atoms with Crippen LogP contribution >= 0.6 is 0 Å². The first-order valence-corrected chi connectivity index (χ1v) is 3.38. The standard InChI is InChI=1S/C7H13NO/c1-7(2)8-5-3-4-6-9-8/h3,5,7H,4,6H2,1-2H3. The van der Waals surface area contributed by atoms with E-state index in [2.05, 4.69) is 19.9 Å². The first-order chi connectivity index (χ1) is 4.30. The summed E-state index contributed by atoms with van der Waals surface area (Å²) in [6, 6.07) is 0.460. The molecular formula is C7H13NO. The smallest absolute Gasteiger partial charge is 0.0783 e. The van der Waals surface area contributed by atoms with Gasteiger partial charge in [-0.25, -0.2) is 0 Å². The van der Waals surface area contributed by atoms with Crippen molar-refractivity contribution in [3.05, 3.63) is 12.3 Å². The van der Waals surface area contributed by atoms with Crippen LogP contribution in [0.2, 0.25) is 0 Å². The van der Waals surface area contributed by atoms with E-state index >= 15 is 0 Å². The lowest BCUT2D eigenvalue weighted by atomic mass is 10.3. The third kappa shape index (κ3) is 1.72. The summed E-state index contributed by atoms with van der Waals surface area (Å²) >= 11 is 0. The maximum absolute atomic E-state index is 5.29. The Morgan fingerprint density at radius 3 is 2.67 bits per heavy atom. The summed E-state index contributed by atoms with van der Waals surface area (Å²) in [6.07, 6.45) is 5.17. The topological polar surface area (TPSA) is 12.5 Å². The minimum Gasteiger partial charge on any atom is -0.273 e. The Morgan fingerprint density at radius 1 is 1.56 bits per heavy atom. The molecule has 1 aliphatic rings. The molecule has 0 aliphatic carbocycles. The highest BCUT2D eigenvalue weighted by atomic mass is 16.7. The van der Waals surface area contributed by atoms with Gasteiger partial charge in [-0.2, -0.15) is 0 Å². The van der Waals surface area contributed by atoms with E-state index in [1.54, 1.807) is 0 Å². The molecule has 0 fully saturated rings. The third-order valence-corrected chi connectivity index (χ3v) is 1.29. The van der Waals surface area contributed by atoms with E-state index in [1.807, 2.05) is 11.3 Å². The monoisotopic (exact) mass is 127 g/mol. The van der Waals surface area contributed by atoms with E-state index in [0.717, 1.165) is 13.0 Å². The van der Waals surface area contributed by atoms with Gasteiger partial charge < -0.3 is 0 Å². The van der Waals surface area contributed by atoms with E-state index in [0.29, 0.717) is 6.04 Å². The van der Waals surface area contributed by atoms with Gasteiger partial charge in [0.15, 0.2) is 0 Å². The second-order valence-corrected chi connectivity index (χ2v) is 2.46. The molecule has 0 radical (unpaired) electrons. The molecule has 0 aromatic heterocycles. The van der Waals surface area contributed by atoms with Gasteiger partial charge in [-0.15, -0.1) is 0 Å². The fourth-order valence-electron chi connectivity index (χ4n) is 0.769. The molecular weight excluding hydrogens is 114 g/mol. The minimum absolute atomic E-state index is 0.460. The Balaban J connectivity index is 2.40. The summed E-state index contributed by atoms with van der Waals surface area (Å²) in [5, 5.41) is 1.88. The summed E-state index contributed by atoms with van der Waals surface area (Å²) in [6.45, 7) is 5.04. The molecule has 0 saturated carbocycles. The summed E-state index contributed by atoms with van der Waals surface area (Å²) in [5.74, 6) is 0. The molecule has 2 heteroatoms. The lowest BCUT2D eigenvalue weighted by Crippen LogP contribution is -2.27. The number of hydrogen-bond acceptors (Lipinski definition) is 2. The largest absolute Gasteiger partial charge is 0.273 e. The number of hydroxylamine groups is 2. The zero-order chi connectivity index (χ0) is 6.69. The van der Waals surface area contributed by atoms with Crippen molar-refractivity contribution >= 4 is 0 Å². The van der Waals surface area contributed by atoms with Crippen molar-refractivity contribution in [1.29, 1.82) is 0 Å². The molecule has 9 heavy (non-hydrogen) atoms. The Morgan fingerprint density at radius 2 is 2.33 bits per heavy atom. The molecule has 1 rings (SSSR count). The summed E-state index contributed by atoms with van der Waals surface area (Å²) in [4.78, 5) is 5.29. The third-order valence-electron chi connectivity index (χ3n) is 1.29. The average Bonchev–Trinajstić information content (AvgIpc) is 1.90. The Kier molecular flexibility index (Phi) is 2.11. The van der Waals surface area contributed by atoms with Crippen molar-refractivity contribution in [2.45, 2.75) is 26.3 Å². The Hall–Kier alpha value is -0.500. The molecule has 0 saturated heterocycles. The molecule has 0 unspecified atom stereocenters. The summed E-state index contributed by atoms with van der Waals surface area (Å²) in [7, 11) is 0. The second-order valence-electron chi connectivity index (χ2n) is 2.46.